The number of carbonyl (C=O) groups is 1. The third-order valence-electron chi connectivity index (χ3n) is 2.49. The van der Waals surface area contributed by atoms with E-state index in [9.17, 15) is 4.79 Å². The third kappa shape index (κ3) is 4.74. The topological polar surface area (TPSA) is 85.8 Å². The van der Waals surface area contributed by atoms with E-state index in [-0.39, 0.29) is 5.91 Å². The molecule has 0 unspecified atom stereocenters. The highest BCUT2D eigenvalue weighted by atomic mass is 32.2. The van der Waals surface area contributed by atoms with Crippen molar-refractivity contribution < 1.29 is 4.79 Å². The summed E-state index contributed by atoms with van der Waals surface area (Å²) >= 11 is 1.70. The van der Waals surface area contributed by atoms with Crippen molar-refractivity contribution in [2.24, 2.45) is 12.9 Å². The van der Waals surface area contributed by atoms with Crippen LogP contribution in [-0.2, 0) is 11.8 Å². The van der Waals surface area contributed by atoms with Crippen molar-refractivity contribution >= 4 is 17.7 Å². The van der Waals surface area contributed by atoms with Gasteiger partial charge in [-0.2, -0.15) is 0 Å². The second-order valence-electron chi connectivity index (χ2n) is 3.82. The molecule has 6 nitrogen and oxygen atoms in total. The van der Waals surface area contributed by atoms with Gasteiger partial charge in [0.05, 0.1) is 0 Å². The number of carbonyl (C=O) groups excluding carboxylic acids is 1. The molecule has 0 fully saturated rings. The van der Waals surface area contributed by atoms with Crippen LogP contribution in [0.2, 0.25) is 0 Å². The van der Waals surface area contributed by atoms with Crippen molar-refractivity contribution in [3.8, 4) is 0 Å². The Morgan fingerprint density at radius 1 is 1.41 bits per heavy atom. The van der Waals surface area contributed by atoms with Crippen molar-refractivity contribution in [3.05, 3.63) is 5.82 Å². The molecule has 0 radical (unpaired) electrons. The van der Waals surface area contributed by atoms with Gasteiger partial charge < -0.3 is 4.57 Å². The maximum absolute atomic E-state index is 10.9. The Morgan fingerprint density at radius 3 is 2.76 bits per heavy atom. The van der Waals surface area contributed by atoms with E-state index in [1.54, 1.807) is 11.8 Å². The molecule has 0 aliphatic rings. The van der Waals surface area contributed by atoms with Crippen LogP contribution >= 0.6 is 11.8 Å². The standard InChI is InChI=1S/C10H19N5OS/c1-8-13-14-10(15(8)2)17-7-5-3-4-6-9(16)12-11/h3-7,11H2,1-2H3,(H,12,16). The van der Waals surface area contributed by atoms with Crippen molar-refractivity contribution in [1.29, 1.82) is 0 Å². The van der Waals surface area contributed by atoms with Crippen LogP contribution in [0.15, 0.2) is 5.16 Å². The van der Waals surface area contributed by atoms with Crippen molar-refractivity contribution in [2.45, 2.75) is 37.8 Å². The first-order valence-corrected chi connectivity index (χ1v) is 6.62. The minimum absolute atomic E-state index is 0.0958. The van der Waals surface area contributed by atoms with E-state index in [1.807, 2.05) is 18.5 Å². The van der Waals surface area contributed by atoms with Gasteiger partial charge in [-0.25, -0.2) is 5.84 Å². The summed E-state index contributed by atoms with van der Waals surface area (Å²) in [5, 5.41) is 9.01. The van der Waals surface area contributed by atoms with Gasteiger partial charge in [-0.1, -0.05) is 18.2 Å². The van der Waals surface area contributed by atoms with Gasteiger partial charge in [-0.05, 0) is 19.8 Å². The zero-order valence-electron chi connectivity index (χ0n) is 10.3. The van der Waals surface area contributed by atoms with E-state index >= 15 is 0 Å². The van der Waals surface area contributed by atoms with Crippen LogP contribution in [0.3, 0.4) is 0 Å². The molecule has 0 bridgehead atoms. The van der Waals surface area contributed by atoms with Gasteiger partial charge >= 0.3 is 0 Å². The molecule has 17 heavy (non-hydrogen) atoms. The molecule has 7 heteroatoms. The van der Waals surface area contributed by atoms with Crippen molar-refractivity contribution in [2.75, 3.05) is 5.75 Å². The Labute approximate surface area is 105 Å². The van der Waals surface area contributed by atoms with Gasteiger partial charge in [-0.3, -0.25) is 10.2 Å². The number of aryl methyl sites for hydroxylation is 1. The minimum Gasteiger partial charge on any atom is -0.309 e. The van der Waals surface area contributed by atoms with E-state index in [0.29, 0.717) is 6.42 Å². The average Bonchev–Trinajstić information content (AvgIpc) is 2.64. The fourth-order valence-corrected chi connectivity index (χ4v) is 2.27. The van der Waals surface area contributed by atoms with E-state index in [1.165, 1.54) is 0 Å². The van der Waals surface area contributed by atoms with E-state index in [0.717, 1.165) is 36.0 Å². The van der Waals surface area contributed by atoms with Gasteiger partial charge in [0.2, 0.25) is 5.91 Å². The number of nitrogens with zero attached hydrogens (tertiary/aromatic N) is 3. The first kappa shape index (κ1) is 14.0. The number of hydrazine groups is 1. The molecule has 3 N–H and O–H groups in total. The lowest BCUT2D eigenvalue weighted by atomic mass is 10.2. The maximum atomic E-state index is 10.9. The number of hydrogen-bond donors (Lipinski definition) is 2. The third-order valence-corrected chi connectivity index (χ3v) is 3.60. The molecule has 0 saturated carbocycles. The summed E-state index contributed by atoms with van der Waals surface area (Å²) in [6.07, 6.45) is 3.47. The number of hydrogen-bond acceptors (Lipinski definition) is 5. The molecule has 1 heterocycles. The average molecular weight is 257 g/mol. The summed E-state index contributed by atoms with van der Waals surface area (Å²) in [5.41, 5.74) is 2.13. The quantitative estimate of drug-likeness (QED) is 0.248. The van der Waals surface area contributed by atoms with Gasteiger partial charge in [0.1, 0.15) is 5.82 Å². The van der Waals surface area contributed by atoms with E-state index in [2.05, 4.69) is 15.6 Å². The Balaban J connectivity index is 2.09. The van der Waals surface area contributed by atoms with Gasteiger partial charge in [-0.15, -0.1) is 10.2 Å². The molecule has 1 amide bonds. The zero-order chi connectivity index (χ0) is 12.7. The molecule has 1 aromatic rings. The van der Waals surface area contributed by atoms with E-state index < -0.39 is 0 Å². The van der Waals surface area contributed by atoms with Crippen molar-refractivity contribution in [1.82, 2.24) is 20.2 Å². The lowest BCUT2D eigenvalue weighted by Crippen LogP contribution is -2.29. The number of unbranched alkanes of at least 4 members (excludes halogenated alkanes) is 2. The summed E-state index contributed by atoms with van der Waals surface area (Å²) in [6.45, 7) is 1.93. The second kappa shape index (κ2) is 7.29. The Hall–Kier alpha value is -1.08. The van der Waals surface area contributed by atoms with Gasteiger partial charge in [0, 0.05) is 19.2 Å². The fourth-order valence-electron chi connectivity index (χ4n) is 1.31. The normalized spacial score (nSPS) is 10.5. The Kier molecular flexibility index (Phi) is 5.99. The van der Waals surface area contributed by atoms with Crippen LogP contribution in [0.25, 0.3) is 0 Å². The first-order chi connectivity index (χ1) is 8.15. The summed E-state index contributed by atoms with van der Waals surface area (Å²) in [6, 6.07) is 0. The Morgan fingerprint density at radius 2 is 2.18 bits per heavy atom. The summed E-state index contributed by atoms with van der Waals surface area (Å²) in [4.78, 5) is 10.9. The van der Waals surface area contributed by atoms with Crippen LogP contribution in [0, 0.1) is 6.92 Å². The molecule has 0 saturated heterocycles. The molecule has 0 aliphatic heterocycles. The second-order valence-corrected chi connectivity index (χ2v) is 4.88. The maximum Gasteiger partial charge on any atom is 0.233 e. The van der Waals surface area contributed by atoms with Crippen LogP contribution in [0.1, 0.15) is 31.5 Å². The highest BCUT2D eigenvalue weighted by molar-refractivity contribution is 7.99. The largest absolute Gasteiger partial charge is 0.309 e. The molecule has 1 aromatic heterocycles. The molecule has 96 valence electrons. The number of thioether (sulfide) groups is 1. The molecule has 1 rings (SSSR count). The van der Waals surface area contributed by atoms with Crippen LogP contribution < -0.4 is 11.3 Å². The highest BCUT2D eigenvalue weighted by Crippen LogP contribution is 2.17. The van der Waals surface area contributed by atoms with Crippen molar-refractivity contribution in [3.63, 3.8) is 0 Å². The molecular formula is C10H19N5OS. The first-order valence-electron chi connectivity index (χ1n) is 5.63. The molecule has 0 aromatic carbocycles. The minimum atomic E-state index is -0.0958. The summed E-state index contributed by atoms with van der Waals surface area (Å²) < 4.78 is 1.98. The molecule has 0 spiro atoms. The van der Waals surface area contributed by atoms with Gasteiger partial charge in [0.15, 0.2) is 5.16 Å². The van der Waals surface area contributed by atoms with E-state index in [4.69, 9.17) is 5.84 Å². The number of nitrogens with one attached hydrogen (secondary N) is 1. The zero-order valence-corrected chi connectivity index (χ0v) is 11.1. The summed E-state index contributed by atoms with van der Waals surface area (Å²) in [7, 11) is 1.96. The van der Waals surface area contributed by atoms with Gasteiger partial charge in [0.25, 0.3) is 0 Å². The number of aromatic nitrogens is 3. The Bertz CT molecular complexity index is 366. The number of nitrogens with two attached hydrogens (primary N) is 1. The number of rotatable bonds is 7. The smallest absolute Gasteiger partial charge is 0.233 e. The fraction of sp³-hybridized carbons (Fsp3) is 0.700. The number of amides is 1. The molecule has 0 aliphatic carbocycles. The lowest BCUT2D eigenvalue weighted by molar-refractivity contribution is -0.121. The predicted octanol–water partition coefficient (Wildman–Crippen LogP) is 0.766. The van der Waals surface area contributed by atoms with Crippen LogP contribution in [0.5, 0.6) is 0 Å². The molecule has 0 atom stereocenters. The highest BCUT2D eigenvalue weighted by Gasteiger charge is 2.04. The summed E-state index contributed by atoms with van der Waals surface area (Å²) in [5.74, 6) is 6.81. The van der Waals surface area contributed by atoms with Crippen LogP contribution in [-0.4, -0.2) is 26.4 Å². The lowest BCUT2D eigenvalue weighted by Gasteiger charge is -2.02. The van der Waals surface area contributed by atoms with Crippen LogP contribution in [0.4, 0.5) is 0 Å². The molecular weight excluding hydrogens is 238 g/mol. The predicted molar refractivity (Wildman–Crippen MR) is 67.3 cm³/mol. The SMILES string of the molecule is Cc1nnc(SCCCCCC(=O)NN)n1C. The monoisotopic (exact) mass is 257 g/mol.